The van der Waals surface area contributed by atoms with Crippen LogP contribution in [0.3, 0.4) is 0 Å². The molecule has 0 aromatic carbocycles. The molecule has 94 valence electrons. The van der Waals surface area contributed by atoms with Crippen LogP contribution in [0.15, 0.2) is 0 Å². The average Bonchev–Trinajstić information content (AvgIpc) is 2.34. The third-order valence-electron chi connectivity index (χ3n) is 3.54. The van der Waals surface area contributed by atoms with Crippen LogP contribution in [0.25, 0.3) is 0 Å². The molecule has 3 nitrogen and oxygen atoms in total. The molecule has 3 heteroatoms. The van der Waals surface area contributed by atoms with Crippen molar-refractivity contribution in [3.05, 3.63) is 0 Å². The van der Waals surface area contributed by atoms with E-state index in [9.17, 15) is 4.79 Å². The van der Waals surface area contributed by atoms with Crippen LogP contribution in [-0.4, -0.2) is 29.4 Å². The summed E-state index contributed by atoms with van der Waals surface area (Å²) in [7, 11) is 0. The molecule has 1 aliphatic heterocycles. The second-order valence-corrected chi connectivity index (χ2v) is 4.61. The summed E-state index contributed by atoms with van der Waals surface area (Å²) in [6, 6.07) is 0.883. The Morgan fingerprint density at radius 1 is 1.12 bits per heavy atom. The van der Waals surface area contributed by atoms with E-state index in [1.165, 1.54) is 6.42 Å². The Hall–Kier alpha value is -0.570. The van der Waals surface area contributed by atoms with Crippen LogP contribution in [0.5, 0.6) is 0 Å². The first-order valence-electron chi connectivity index (χ1n) is 6.82. The average molecular weight is 226 g/mol. The van der Waals surface area contributed by atoms with Crippen LogP contribution in [0.4, 0.5) is 0 Å². The summed E-state index contributed by atoms with van der Waals surface area (Å²) in [6.45, 7) is 4.98. The fourth-order valence-electron chi connectivity index (χ4n) is 2.63. The molecule has 1 heterocycles. The SMILES string of the molecule is CC.NC1CCC(N2CCCCC2=O)CC1. The number of nitrogens with zero attached hydrogens (tertiary/aromatic N) is 1. The summed E-state index contributed by atoms with van der Waals surface area (Å²) >= 11 is 0. The Balaban J connectivity index is 0.000000606. The highest BCUT2D eigenvalue weighted by Crippen LogP contribution is 2.25. The zero-order chi connectivity index (χ0) is 12.0. The first kappa shape index (κ1) is 13.5. The predicted octanol–water partition coefficient (Wildman–Crippen LogP) is 2.29. The van der Waals surface area contributed by atoms with Crippen molar-refractivity contribution in [3.8, 4) is 0 Å². The fourth-order valence-corrected chi connectivity index (χ4v) is 2.63. The number of piperidine rings is 1. The van der Waals surface area contributed by atoms with Gasteiger partial charge < -0.3 is 10.6 Å². The minimum absolute atomic E-state index is 0.372. The predicted molar refractivity (Wildman–Crippen MR) is 67.1 cm³/mol. The normalized spacial score (nSPS) is 30.7. The zero-order valence-electron chi connectivity index (χ0n) is 10.7. The molecule has 0 unspecified atom stereocenters. The number of hydrogen-bond acceptors (Lipinski definition) is 2. The minimum Gasteiger partial charge on any atom is -0.340 e. The molecule has 1 saturated carbocycles. The number of hydrogen-bond donors (Lipinski definition) is 1. The molecule has 0 radical (unpaired) electrons. The molecule has 0 aromatic rings. The first-order valence-corrected chi connectivity index (χ1v) is 6.82. The lowest BCUT2D eigenvalue weighted by atomic mass is 9.89. The molecule has 2 rings (SSSR count). The number of carbonyl (C=O) groups is 1. The van der Waals surface area contributed by atoms with Gasteiger partial charge in [-0.05, 0) is 38.5 Å². The van der Waals surface area contributed by atoms with Crippen molar-refractivity contribution in [2.24, 2.45) is 5.73 Å². The van der Waals surface area contributed by atoms with Crippen molar-refractivity contribution in [1.29, 1.82) is 0 Å². The largest absolute Gasteiger partial charge is 0.340 e. The van der Waals surface area contributed by atoms with Crippen LogP contribution < -0.4 is 5.73 Å². The van der Waals surface area contributed by atoms with Crippen LogP contribution in [0.2, 0.25) is 0 Å². The summed E-state index contributed by atoms with van der Waals surface area (Å²) in [4.78, 5) is 13.8. The first-order chi connectivity index (χ1) is 7.77. The highest BCUT2D eigenvalue weighted by atomic mass is 16.2. The number of carbonyl (C=O) groups excluding carboxylic acids is 1. The maximum Gasteiger partial charge on any atom is 0.222 e. The number of rotatable bonds is 1. The van der Waals surface area contributed by atoms with Crippen molar-refractivity contribution in [2.45, 2.75) is 70.9 Å². The molecule has 1 aliphatic carbocycles. The third kappa shape index (κ3) is 3.48. The quantitative estimate of drug-likeness (QED) is 0.745. The van der Waals surface area contributed by atoms with Gasteiger partial charge >= 0.3 is 0 Å². The maximum atomic E-state index is 11.7. The van der Waals surface area contributed by atoms with E-state index in [1.54, 1.807) is 0 Å². The lowest BCUT2D eigenvalue weighted by Crippen LogP contribution is -2.46. The maximum absolute atomic E-state index is 11.7. The smallest absolute Gasteiger partial charge is 0.222 e. The minimum atomic E-state index is 0.372. The zero-order valence-corrected chi connectivity index (χ0v) is 10.7. The Kier molecular flexibility index (Phi) is 5.81. The molecule has 16 heavy (non-hydrogen) atoms. The molecule has 0 aromatic heterocycles. The molecular formula is C13H26N2O. The van der Waals surface area contributed by atoms with Gasteiger partial charge in [-0.25, -0.2) is 0 Å². The van der Waals surface area contributed by atoms with Gasteiger partial charge in [-0.3, -0.25) is 4.79 Å². The summed E-state index contributed by atoms with van der Waals surface area (Å²) in [5.41, 5.74) is 5.86. The third-order valence-corrected chi connectivity index (χ3v) is 3.54. The molecule has 2 aliphatic rings. The Bertz CT molecular complexity index is 210. The number of amides is 1. The molecule has 2 N–H and O–H groups in total. The Labute approximate surface area is 99.4 Å². The van der Waals surface area contributed by atoms with Gasteiger partial charge in [-0.2, -0.15) is 0 Å². The molecule has 0 spiro atoms. The molecule has 0 atom stereocenters. The summed E-state index contributed by atoms with van der Waals surface area (Å²) in [5.74, 6) is 0.372. The fraction of sp³-hybridized carbons (Fsp3) is 0.923. The lowest BCUT2D eigenvalue weighted by molar-refractivity contribution is -0.136. The van der Waals surface area contributed by atoms with Gasteiger partial charge in [0.1, 0.15) is 0 Å². The van der Waals surface area contributed by atoms with Crippen LogP contribution >= 0.6 is 0 Å². The van der Waals surface area contributed by atoms with E-state index in [1.807, 2.05) is 13.8 Å². The van der Waals surface area contributed by atoms with Crippen molar-refractivity contribution >= 4 is 5.91 Å². The van der Waals surface area contributed by atoms with E-state index in [-0.39, 0.29) is 0 Å². The second kappa shape index (κ2) is 6.89. The van der Waals surface area contributed by atoms with Crippen molar-refractivity contribution in [2.75, 3.05) is 6.54 Å². The standard InChI is InChI=1S/C11H20N2O.C2H6/c12-9-4-6-10(7-5-9)13-8-2-1-3-11(13)14;1-2/h9-10H,1-8,12H2;1-2H3. The van der Waals surface area contributed by atoms with Crippen molar-refractivity contribution in [1.82, 2.24) is 4.90 Å². The van der Waals surface area contributed by atoms with E-state index < -0.39 is 0 Å². The molecular weight excluding hydrogens is 200 g/mol. The van der Waals surface area contributed by atoms with Gasteiger partial charge in [0.15, 0.2) is 0 Å². The Morgan fingerprint density at radius 2 is 1.75 bits per heavy atom. The number of nitrogens with two attached hydrogens (primary N) is 1. The van der Waals surface area contributed by atoms with Crippen LogP contribution in [0, 0.1) is 0 Å². The van der Waals surface area contributed by atoms with Gasteiger partial charge in [0.05, 0.1) is 0 Å². The van der Waals surface area contributed by atoms with Crippen LogP contribution in [0.1, 0.15) is 58.8 Å². The highest BCUT2D eigenvalue weighted by molar-refractivity contribution is 5.77. The van der Waals surface area contributed by atoms with Gasteiger partial charge in [0.2, 0.25) is 5.91 Å². The van der Waals surface area contributed by atoms with Gasteiger partial charge in [-0.15, -0.1) is 0 Å². The van der Waals surface area contributed by atoms with E-state index >= 15 is 0 Å². The van der Waals surface area contributed by atoms with Gasteiger partial charge in [0.25, 0.3) is 0 Å². The van der Waals surface area contributed by atoms with E-state index in [0.717, 1.165) is 45.1 Å². The van der Waals surface area contributed by atoms with E-state index in [0.29, 0.717) is 18.0 Å². The van der Waals surface area contributed by atoms with Crippen molar-refractivity contribution in [3.63, 3.8) is 0 Å². The van der Waals surface area contributed by atoms with Crippen molar-refractivity contribution < 1.29 is 4.79 Å². The van der Waals surface area contributed by atoms with Gasteiger partial charge in [-0.1, -0.05) is 13.8 Å². The summed E-state index contributed by atoms with van der Waals surface area (Å²) < 4.78 is 0. The van der Waals surface area contributed by atoms with Gasteiger partial charge in [0, 0.05) is 25.0 Å². The van der Waals surface area contributed by atoms with E-state index in [2.05, 4.69) is 4.90 Å². The topological polar surface area (TPSA) is 46.3 Å². The summed E-state index contributed by atoms with van der Waals surface area (Å²) in [6.07, 6.45) is 7.46. The number of likely N-dealkylation sites (tertiary alicyclic amines) is 1. The van der Waals surface area contributed by atoms with E-state index in [4.69, 9.17) is 5.73 Å². The molecule has 1 saturated heterocycles. The molecule has 1 amide bonds. The molecule has 0 bridgehead atoms. The Morgan fingerprint density at radius 3 is 2.31 bits per heavy atom. The molecule has 2 fully saturated rings. The monoisotopic (exact) mass is 226 g/mol. The highest BCUT2D eigenvalue weighted by Gasteiger charge is 2.28. The second-order valence-electron chi connectivity index (χ2n) is 4.61. The van der Waals surface area contributed by atoms with Crippen LogP contribution in [-0.2, 0) is 4.79 Å². The lowest BCUT2D eigenvalue weighted by Gasteiger charge is -2.38. The summed E-state index contributed by atoms with van der Waals surface area (Å²) in [5, 5.41) is 0.